The van der Waals surface area contributed by atoms with E-state index in [0.717, 1.165) is 17.4 Å². The summed E-state index contributed by atoms with van der Waals surface area (Å²) in [5.41, 5.74) is 3.17. The second-order valence-corrected chi connectivity index (χ2v) is 13.5. The number of aryl methyl sites for hydroxylation is 1. The number of benzene rings is 3. The van der Waals surface area contributed by atoms with E-state index in [2.05, 4.69) is 14.8 Å². The summed E-state index contributed by atoms with van der Waals surface area (Å²) in [6, 6.07) is 16.9. The molecule has 1 atom stereocenters. The van der Waals surface area contributed by atoms with Crippen molar-refractivity contribution in [1.29, 1.82) is 0 Å². The van der Waals surface area contributed by atoms with Crippen LogP contribution >= 0.6 is 0 Å². The summed E-state index contributed by atoms with van der Waals surface area (Å²) in [7, 11) is -6.30. The van der Waals surface area contributed by atoms with Crippen molar-refractivity contribution >= 4 is 54.3 Å². The van der Waals surface area contributed by atoms with Crippen LogP contribution in [0.3, 0.4) is 0 Å². The van der Waals surface area contributed by atoms with Gasteiger partial charge in [-0.15, -0.1) is 0 Å². The van der Waals surface area contributed by atoms with Crippen molar-refractivity contribution in [1.82, 2.24) is 4.72 Å². The molecule has 4 aromatic rings. The Bertz CT molecular complexity index is 1850. The zero-order valence-corrected chi connectivity index (χ0v) is 25.2. The van der Waals surface area contributed by atoms with Crippen LogP contribution in [0.4, 0.5) is 11.4 Å². The molecule has 4 rings (SSSR count). The van der Waals surface area contributed by atoms with E-state index < -0.39 is 38.0 Å². The number of carbonyl (C=O) groups excluding carboxylic acids is 2. The standard InChI is InChI=1S/C29H31N3O8S2/c1-17(2)26(29(34)39-4)32-42(37,38)22-15-11-20(12-16-22)19-9-13-21(14-10-19)30-28(33)27-18(3)25-23(31-41(5,35)36)7-6-8-24(25)40-27/h6-17,26,31-32H,1-5H3,(H,30,33)/t26-/m1/s1. The summed E-state index contributed by atoms with van der Waals surface area (Å²) < 4.78 is 64.5. The second kappa shape index (κ2) is 12.0. The van der Waals surface area contributed by atoms with Crippen LogP contribution in [0, 0.1) is 12.8 Å². The fourth-order valence-electron chi connectivity index (χ4n) is 4.38. The van der Waals surface area contributed by atoms with Crippen molar-refractivity contribution in [2.75, 3.05) is 23.4 Å². The third-order valence-electron chi connectivity index (χ3n) is 6.50. The Morgan fingerprint density at radius 2 is 1.48 bits per heavy atom. The van der Waals surface area contributed by atoms with E-state index in [9.17, 15) is 26.4 Å². The van der Waals surface area contributed by atoms with Crippen LogP contribution in [-0.2, 0) is 29.6 Å². The minimum absolute atomic E-state index is 0.000727. The van der Waals surface area contributed by atoms with Gasteiger partial charge >= 0.3 is 5.97 Å². The first-order chi connectivity index (χ1) is 19.7. The highest BCUT2D eigenvalue weighted by Crippen LogP contribution is 2.33. The third-order valence-corrected chi connectivity index (χ3v) is 8.55. The molecule has 0 spiro atoms. The lowest BCUT2D eigenvalue weighted by molar-refractivity contribution is -0.143. The molecule has 0 fully saturated rings. The maximum Gasteiger partial charge on any atom is 0.324 e. The molecule has 42 heavy (non-hydrogen) atoms. The molecule has 3 aromatic carbocycles. The van der Waals surface area contributed by atoms with Crippen molar-refractivity contribution in [2.45, 2.75) is 31.7 Å². The largest absolute Gasteiger partial charge is 0.468 e. The lowest BCUT2D eigenvalue weighted by atomic mass is 10.1. The number of rotatable bonds is 10. The van der Waals surface area contributed by atoms with Crippen molar-refractivity contribution in [2.24, 2.45) is 5.92 Å². The first-order valence-corrected chi connectivity index (χ1v) is 16.2. The third kappa shape index (κ3) is 6.81. The molecule has 3 N–H and O–H groups in total. The smallest absolute Gasteiger partial charge is 0.324 e. The Morgan fingerprint density at radius 1 is 0.881 bits per heavy atom. The Morgan fingerprint density at radius 3 is 2.02 bits per heavy atom. The Kier molecular flexibility index (Phi) is 8.76. The number of esters is 1. The van der Waals surface area contributed by atoms with Crippen molar-refractivity contribution in [3.8, 4) is 11.1 Å². The van der Waals surface area contributed by atoms with Gasteiger partial charge in [-0.3, -0.25) is 14.3 Å². The minimum Gasteiger partial charge on any atom is -0.468 e. The van der Waals surface area contributed by atoms with Gasteiger partial charge in [-0.1, -0.05) is 44.2 Å². The molecule has 1 amide bonds. The predicted molar refractivity (Wildman–Crippen MR) is 160 cm³/mol. The fourth-order valence-corrected chi connectivity index (χ4v) is 6.29. The molecule has 0 aliphatic heterocycles. The summed E-state index contributed by atoms with van der Waals surface area (Å²) in [6.45, 7) is 5.11. The number of ether oxygens (including phenoxy) is 1. The number of fused-ring (bicyclic) bond motifs is 1. The van der Waals surface area contributed by atoms with Gasteiger partial charge in [-0.05, 0) is 60.4 Å². The van der Waals surface area contributed by atoms with Crippen LogP contribution in [0.2, 0.25) is 0 Å². The molecular formula is C29H31N3O8S2. The van der Waals surface area contributed by atoms with Gasteiger partial charge in [0.2, 0.25) is 20.0 Å². The Balaban J connectivity index is 1.49. The molecule has 0 aliphatic carbocycles. The monoisotopic (exact) mass is 613 g/mol. The molecule has 0 bridgehead atoms. The van der Waals surface area contributed by atoms with E-state index in [1.807, 2.05) is 0 Å². The maximum atomic E-state index is 13.0. The summed E-state index contributed by atoms with van der Waals surface area (Å²) in [4.78, 5) is 25.0. The van der Waals surface area contributed by atoms with Crippen molar-refractivity contribution in [3.05, 3.63) is 78.1 Å². The van der Waals surface area contributed by atoms with Crippen LogP contribution in [-0.4, -0.2) is 48.1 Å². The quantitative estimate of drug-likeness (QED) is 0.220. The van der Waals surface area contributed by atoms with Crippen LogP contribution in [0.15, 0.2) is 76.0 Å². The highest BCUT2D eigenvalue weighted by Gasteiger charge is 2.29. The number of sulfonamides is 2. The summed E-state index contributed by atoms with van der Waals surface area (Å²) >= 11 is 0. The SMILES string of the molecule is COC(=O)[C@H](NS(=O)(=O)c1ccc(-c2ccc(NC(=O)c3oc4cccc(NS(C)(=O)=O)c4c3C)cc2)cc1)C(C)C. The summed E-state index contributed by atoms with van der Waals surface area (Å²) in [5.74, 6) is -1.43. The van der Waals surface area contributed by atoms with Gasteiger partial charge in [0, 0.05) is 16.6 Å². The second-order valence-electron chi connectivity index (χ2n) is 10.0. The van der Waals surface area contributed by atoms with Gasteiger partial charge in [-0.25, -0.2) is 16.8 Å². The Labute approximate surface area is 244 Å². The zero-order chi connectivity index (χ0) is 30.8. The number of hydrogen-bond acceptors (Lipinski definition) is 8. The number of hydrogen-bond donors (Lipinski definition) is 3. The molecular weight excluding hydrogens is 582 g/mol. The van der Waals surface area contributed by atoms with Crippen LogP contribution < -0.4 is 14.8 Å². The van der Waals surface area contributed by atoms with Gasteiger partial charge in [-0.2, -0.15) is 4.72 Å². The van der Waals surface area contributed by atoms with E-state index in [1.54, 1.807) is 75.4 Å². The molecule has 1 heterocycles. The van der Waals surface area contributed by atoms with Crippen molar-refractivity contribution < 1.29 is 35.6 Å². The van der Waals surface area contributed by atoms with E-state index in [-0.39, 0.29) is 16.6 Å². The molecule has 0 saturated heterocycles. The predicted octanol–water partition coefficient (Wildman–Crippen LogP) is 4.51. The number of amides is 1. The average molecular weight is 614 g/mol. The first-order valence-electron chi connectivity index (χ1n) is 12.8. The van der Waals surface area contributed by atoms with E-state index in [0.29, 0.717) is 27.9 Å². The number of methoxy groups -OCH3 is 1. The topological polar surface area (TPSA) is 161 Å². The normalized spacial score (nSPS) is 12.7. The van der Waals surface area contributed by atoms with Gasteiger partial charge in [0.25, 0.3) is 5.91 Å². The van der Waals surface area contributed by atoms with Gasteiger partial charge < -0.3 is 14.5 Å². The van der Waals surface area contributed by atoms with E-state index in [4.69, 9.17) is 9.15 Å². The van der Waals surface area contributed by atoms with E-state index >= 15 is 0 Å². The summed E-state index contributed by atoms with van der Waals surface area (Å²) in [6.07, 6.45) is 1.04. The lowest BCUT2D eigenvalue weighted by Gasteiger charge is -2.19. The molecule has 1 aromatic heterocycles. The van der Waals surface area contributed by atoms with Gasteiger partial charge in [0.05, 0.1) is 23.9 Å². The number of carbonyl (C=O) groups is 2. The fraction of sp³-hybridized carbons (Fsp3) is 0.241. The summed E-state index contributed by atoms with van der Waals surface area (Å²) in [5, 5.41) is 3.27. The molecule has 0 saturated carbocycles. The van der Waals surface area contributed by atoms with Crippen molar-refractivity contribution in [3.63, 3.8) is 0 Å². The van der Waals surface area contributed by atoms with Gasteiger partial charge in [0.15, 0.2) is 5.76 Å². The number of furan rings is 1. The minimum atomic E-state index is -3.97. The first kappa shape index (κ1) is 30.8. The highest BCUT2D eigenvalue weighted by molar-refractivity contribution is 7.92. The van der Waals surface area contributed by atoms with Crippen LogP contribution in [0.5, 0.6) is 0 Å². The molecule has 11 nitrogen and oxygen atoms in total. The van der Waals surface area contributed by atoms with Crippen LogP contribution in [0.25, 0.3) is 22.1 Å². The Hall–Kier alpha value is -4.20. The lowest BCUT2D eigenvalue weighted by Crippen LogP contribution is -2.44. The molecule has 222 valence electrons. The van der Waals surface area contributed by atoms with Gasteiger partial charge in [0.1, 0.15) is 11.6 Å². The van der Waals surface area contributed by atoms with E-state index in [1.165, 1.54) is 19.2 Å². The highest BCUT2D eigenvalue weighted by atomic mass is 32.2. The number of anilines is 2. The molecule has 0 aliphatic rings. The van der Waals surface area contributed by atoms with Crippen LogP contribution in [0.1, 0.15) is 30.0 Å². The zero-order valence-electron chi connectivity index (χ0n) is 23.6. The molecule has 0 radical (unpaired) electrons. The number of nitrogens with one attached hydrogen (secondary N) is 3. The molecule has 13 heteroatoms. The maximum absolute atomic E-state index is 13.0. The average Bonchev–Trinajstić information content (AvgIpc) is 3.28. The molecule has 0 unspecified atom stereocenters.